The Morgan fingerprint density at radius 3 is 3.00 bits per heavy atom. The first-order valence-electron chi connectivity index (χ1n) is 7.95. The molecule has 2 saturated heterocycles. The maximum absolute atomic E-state index is 13.1. The Bertz CT molecular complexity index is 456. The lowest BCUT2D eigenvalue weighted by molar-refractivity contribution is -0.0930. The molecule has 2 aliphatic heterocycles. The Balaban J connectivity index is 1.46. The number of rotatable bonds is 4. The highest BCUT2D eigenvalue weighted by molar-refractivity contribution is 7.99. The summed E-state index contributed by atoms with van der Waals surface area (Å²) in [7, 11) is 0. The fourth-order valence-electron chi connectivity index (χ4n) is 3.41. The molecule has 2 fully saturated rings. The maximum atomic E-state index is 13.1. The number of hydrogen-bond donors (Lipinski definition) is 1. The second-order valence-corrected chi connectivity index (χ2v) is 7.39. The van der Waals surface area contributed by atoms with E-state index in [4.69, 9.17) is 4.74 Å². The zero-order valence-corrected chi connectivity index (χ0v) is 13.3. The molecule has 2 heterocycles. The molecular formula is C17H24FNOS. The van der Waals surface area contributed by atoms with E-state index in [2.05, 4.69) is 5.32 Å². The number of hydrogen-bond acceptors (Lipinski definition) is 3. The summed E-state index contributed by atoms with van der Waals surface area (Å²) in [6.07, 6.45) is 5.51. The van der Waals surface area contributed by atoms with Crippen molar-refractivity contribution in [3.8, 4) is 0 Å². The first-order valence-corrected chi connectivity index (χ1v) is 9.11. The second kappa shape index (κ2) is 7.12. The Kier molecular flexibility index (Phi) is 5.19. The molecule has 1 spiro atoms. The van der Waals surface area contributed by atoms with Gasteiger partial charge in [0, 0.05) is 12.6 Å². The minimum Gasteiger partial charge on any atom is -0.375 e. The van der Waals surface area contributed by atoms with Crippen LogP contribution in [-0.4, -0.2) is 36.3 Å². The zero-order chi connectivity index (χ0) is 14.5. The first kappa shape index (κ1) is 15.3. The molecular weight excluding hydrogens is 285 g/mol. The van der Waals surface area contributed by atoms with E-state index < -0.39 is 0 Å². The van der Waals surface area contributed by atoms with Gasteiger partial charge < -0.3 is 10.1 Å². The van der Waals surface area contributed by atoms with Crippen molar-refractivity contribution in [2.75, 3.05) is 24.7 Å². The average molecular weight is 309 g/mol. The van der Waals surface area contributed by atoms with Crippen molar-refractivity contribution in [2.24, 2.45) is 0 Å². The highest BCUT2D eigenvalue weighted by atomic mass is 32.2. The van der Waals surface area contributed by atoms with Gasteiger partial charge in [-0.1, -0.05) is 12.1 Å². The molecule has 2 aliphatic rings. The second-order valence-electron chi connectivity index (χ2n) is 6.17. The van der Waals surface area contributed by atoms with Gasteiger partial charge in [-0.2, -0.15) is 11.8 Å². The summed E-state index contributed by atoms with van der Waals surface area (Å²) in [5.41, 5.74) is 1.21. The van der Waals surface area contributed by atoms with Crippen LogP contribution < -0.4 is 5.32 Å². The van der Waals surface area contributed by atoms with Crippen LogP contribution in [0.25, 0.3) is 0 Å². The molecule has 4 heteroatoms. The molecule has 1 aromatic carbocycles. The van der Waals surface area contributed by atoms with Crippen molar-refractivity contribution < 1.29 is 9.13 Å². The standard InChI is InChI=1S/C17H24FNOS/c18-15-3-1-2-14(12-15)4-8-19-16-5-9-20-17(13-16)6-10-21-11-7-17/h1-3,12,16,19H,4-11,13H2. The van der Waals surface area contributed by atoms with Crippen LogP contribution in [0.1, 0.15) is 31.2 Å². The van der Waals surface area contributed by atoms with E-state index in [1.54, 1.807) is 12.1 Å². The van der Waals surface area contributed by atoms with Gasteiger partial charge in [-0.25, -0.2) is 4.39 Å². The Hall–Kier alpha value is -0.580. The van der Waals surface area contributed by atoms with Crippen LogP contribution in [0, 0.1) is 5.82 Å². The van der Waals surface area contributed by atoms with Crippen molar-refractivity contribution in [1.82, 2.24) is 5.32 Å². The number of benzene rings is 1. The fourth-order valence-corrected chi connectivity index (χ4v) is 4.64. The molecule has 0 aliphatic carbocycles. The Morgan fingerprint density at radius 2 is 2.19 bits per heavy atom. The minimum absolute atomic E-state index is 0.139. The number of ether oxygens (including phenoxy) is 1. The third-order valence-electron chi connectivity index (χ3n) is 4.63. The summed E-state index contributed by atoms with van der Waals surface area (Å²) in [5, 5.41) is 3.65. The van der Waals surface area contributed by atoms with Crippen molar-refractivity contribution in [3.05, 3.63) is 35.6 Å². The molecule has 0 bridgehead atoms. The molecule has 1 atom stereocenters. The quantitative estimate of drug-likeness (QED) is 0.921. The molecule has 0 radical (unpaired) electrons. The van der Waals surface area contributed by atoms with Gasteiger partial charge in [-0.3, -0.25) is 0 Å². The summed E-state index contributed by atoms with van der Waals surface area (Å²) in [4.78, 5) is 0. The monoisotopic (exact) mass is 309 g/mol. The van der Waals surface area contributed by atoms with E-state index in [1.165, 1.54) is 30.4 Å². The van der Waals surface area contributed by atoms with Gasteiger partial charge in [-0.15, -0.1) is 0 Å². The fraction of sp³-hybridized carbons (Fsp3) is 0.647. The van der Waals surface area contributed by atoms with Crippen molar-refractivity contribution >= 4 is 11.8 Å². The van der Waals surface area contributed by atoms with Gasteiger partial charge in [0.1, 0.15) is 5.82 Å². The van der Waals surface area contributed by atoms with E-state index in [0.717, 1.165) is 38.0 Å². The molecule has 0 saturated carbocycles. The predicted molar refractivity (Wildman–Crippen MR) is 86.4 cm³/mol. The van der Waals surface area contributed by atoms with E-state index in [-0.39, 0.29) is 11.4 Å². The van der Waals surface area contributed by atoms with Crippen LogP contribution in [0.4, 0.5) is 4.39 Å². The third kappa shape index (κ3) is 4.21. The van der Waals surface area contributed by atoms with Crippen molar-refractivity contribution in [1.29, 1.82) is 0 Å². The summed E-state index contributed by atoms with van der Waals surface area (Å²) < 4.78 is 19.3. The number of thioether (sulfide) groups is 1. The molecule has 21 heavy (non-hydrogen) atoms. The molecule has 1 aromatic rings. The Morgan fingerprint density at radius 1 is 1.33 bits per heavy atom. The molecule has 1 unspecified atom stereocenters. The predicted octanol–water partition coefficient (Wildman–Crippen LogP) is 3.40. The summed E-state index contributed by atoms with van der Waals surface area (Å²) in [5.74, 6) is 2.32. The van der Waals surface area contributed by atoms with E-state index >= 15 is 0 Å². The van der Waals surface area contributed by atoms with Gasteiger partial charge >= 0.3 is 0 Å². The van der Waals surface area contributed by atoms with Crippen LogP contribution in [0.3, 0.4) is 0 Å². The summed E-state index contributed by atoms with van der Waals surface area (Å²) >= 11 is 2.04. The van der Waals surface area contributed by atoms with Gasteiger partial charge in [0.05, 0.1) is 5.60 Å². The summed E-state index contributed by atoms with van der Waals surface area (Å²) in [6, 6.07) is 7.46. The van der Waals surface area contributed by atoms with Crippen LogP contribution in [0.5, 0.6) is 0 Å². The van der Waals surface area contributed by atoms with Crippen LogP contribution in [0.15, 0.2) is 24.3 Å². The molecule has 2 nitrogen and oxygen atoms in total. The van der Waals surface area contributed by atoms with Gasteiger partial charge in [0.15, 0.2) is 0 Å². The molecule has 1 N–H and O–H groups in total. The van der Waals surface area contributed by atoms with Crippen molar-refractivity contribution in [2.45, 2.75) is 43.7 Å². The van der Waals surface area contributed by atoms with E-state index in [1.807, 2.05) is 17.8 Å². The largest absolute Gasteiger partial charge is 0.375 e. The first-order chi connectivity index (χ1) is 10.3. The van der Waals surface area contributed by atoms with Crippen molar-refractivity contribution in [3.63, 3.8) is 0 Å². The van der Waals surface area contributed by atoms with Gasteiger partial charge in [-0.05, 0) is 67.9 Å². The lowest BCUT2D eigenvalue weighted by Gasteiger charge is -2.43. The normalized spacial score (nSPS) is 25.1. The van der Waals surface area contributed by atoms with Gasteiger partial charge in [0.25, 0.3) is 0 Å². The maximum Gasteiger partial charge on any atom is 0.123 e. The SMILES string of the molecule is Fc1cccc(CCNC2CCOC3(CCSCC3)C2)c1. The summed E-state index contributed by atoms with van der Waals surface area (Å²) in [6.45, 7) is 1.79. The topological polar surface area (TPSA) is 21.3 Å². The highest BCUT2D eigenvalue weighted by Gasteiger charge is 2.38. The van der Waals surface area contributed by atoms with Crippen LogP contribution >= 0.6 is 11.8 Å². The average Bonchev–Trinajstić information content (AvgIpc) is 2.48. The molecule has 116 valence electrons. The van der Waals surface area contributed by atoms with E-state index in [9.17, 15) is 4.39 Å². The molecule has 0 amide bonds. The number of halogens is 1. The third-order valence-corrected chi connectivity index (χ3v) is 5.62. The lowest BCUT2D eigenvalue weighted by atomic mass is 9.85. The van der Waals surface area contributed by atoms with Crippen LogP contribution in [-0.2, 0) is 11.2 Å². The Labute approximate surface area is 130 Å². The van der Waals surface area contributed by atoms with Gasteiger partial charge in [0.2, 0.25) is 0 Å². The molecule has 0 aromatic heterocycles. The minimum atomic E-state index is -0.141. The zero-order valence-electron chi connectivity index (χ0n) is 12.4. The highest BCUT2D eigenvalue weighted by Crippen LogP contribution is 2.37. The number of nitrogens with one attached hydrogen (secondary N) is 1. The smallest absolute Gasteiger partial charge is 0.123 e. The molecule has 3 rings (SSSR count). The van der Waals surface area contributed by atoms with Crippen LogP contribution in [0.2, 0.25) is 0 Å². The van der Waals surface area contributed by atoms with E-state index in [0.29, 0.717) is 6.04 Å². The lowest BCUT2D eigenvalue weighted by Crippen LogP contribution is -2.49.